The molecule has 0 spiro atoms. The maximum atomic E-state index is 11.9. The number of carbonyl (C=O) groups excluding carboxylic acids is 2. The van der Waals surface area contributed by atoms with Crippen LogP contribution in [0.4, 0.5) is 0 Å². The molecule has 2 fully saturated rings. The number of unbranched alkanes of at least 4 members (excludes halogenated alkanes) is 2. The minimum Gasteiger partial charge on any atom is -0.466 e. The molecule has 2 rings (SSSR count). The lowest BCUT2D eigenvalue weighted by Gasteiger charge is -2.14. The molecule has 0 N–H and O–H groups in total. The number of rotatable bonds is 14. The van der Waals surface area contributed by atoms with Crippen LogP contribution >= 0.6 is 43.2 Å². The summed E-state index contributed by atoms with van der Waals surface area (Å²) in [6.07, 6.45) is 10.4. The predicted molar refractivity (Wildman–Crippen MR) is 125 cm³/mol. The zero-order chi connectivity index (χ0) is 20.0. The van der Waals surface area contributed by atoms with Crippen LogP contribution in [0.5, 0.6) is 0 Å². The van der Waals surface area contributed by atoms with Crippen LogP contribution in [-0.4, -0.2) is 46.7 Å². The molecule has 3 atom stereocenters. The molecule has 28 heavy (non-hydrogen) atoms. The van der Waals surface area contributed by atoms with Gasteiger partial charge in [-0.1, -0.05) is 56.0 Å². The molecular weight excluding hydrogens is 432 g/mol. The van der Waals surface area contributed by atoms with Crippen LogP contribution in [0.3, 0.4) is 0 Å². The fourth-order valence-electron chi connectivity index (χ4n) is 3.16. The summed E-state index contributed by atoms with van der Waals surface area (Å²) in [6, 6.07) is 0. The molecule has 0 aromatic rings. The van der Waals surface area contributed by atoms with Gasteiger partial charge in [0.05, 0.1) is 6.61 Å². The lowest BCUT2D eigenvalue weighted by molar-refractivity contribution is -0.150. The van der Waals surface area contributed by atoms with Crippen molar-refractivity contribution < 1.29 is 19.1 Å². The van der Waals surface area contributed by atoms with E-state index in [1.54, 1.807) is 0 Å². The average molecular weight is 467 g/mol. The van der Waals surface area contributed by atoms with E-state index < -0.39 is 0 Å². The molecule has 8 heteroatoms. The van der Waals surface area contributed by atoms with Crippen molar-refractivity contribution in [2.75, 3.05) is 18.1 Å². The van der Waals surface area contributed by atoms with E-state index in [4.69, 9.17) is 9.47 Å². The molecule has 2 saturated heterocycles. The summed E-state index contributed by atoms with van der Waals surface area (Å²) in [6.45, 7) is 2.20. The zero-order valence-electron chi connectivity index (χ0n) is 16.9. The Morgan fingerprint density at radius 1 is 0.893 bits per heavy atom. The van der Waals surface area contributed by atoms with E-state index in [1.807, 2.05) is 50.1 Å². The lowest BCUT2D eigenvalue weighted by Crippen LogP contribution is -2.18. The van der Waals surface area contributed by atoms with Crippen molar-refractivity contribution in [1.82, 2.24) is 0 Å². The summed E-state index contributed by atoms with van der Waals surface area (Å²) >= 11 is 0. The second-order valence-electron chi connectivity index (χ2n) is 7.46. The lowest BCUT2D eigenvalue weighted by atomic mass is 10.1. The van der Waals surface area contributed by atoms with Crippen LogP contribution in [0.2, 0.25) is 0 Å². The van der Waals surface area contributed by atoms with E-state index in [2.05, 4.69) is 0 Å². The normalized spacial score (nSPS) is 22.9. The Morgan fingerprint density at radius 2 is 1.46 bits per heavy atom. The van der Waals surface area contributed by atoms with Crippen molar-refractivity contribution in [2.45, 2.75) is 94.2 Å². The number of hydrogen-bond acceptors (Lipinski definition) is 8. The van der Waals surface area contributed by atoms with Crippen LogP contribution < -0.4 is 0 Å². The third kappa shape index (κ3) is 11.5. The topological polar surface area (TPSA) is 52.6 Å². The number of ether oxygens (including phenoxy) is 2. The monoisotopic (exact) mass is 466 g/mol. The molecule has 0 aliphatic carbocycles. The van der Waals surface area contributed by atoms with E-state index in [9.17, 15) is 9.59 Å². The first-order valence-corrected chi connectivity index (χ1v) is 15.3. The van der Waals surface area contributed by atoms with Gasteiger partial charge in [0.2, 0.25) is 0 Å². The van der Waals surface area contributed by atoms with Gasteiger partial charge in [-0.15, -0.1) is 0 Å². The Kier molecular flexibility index (Phi) is 13.3. The highest BCUT2D eigenvalue weighted by Crippen LogP contribution is 2.40. The van der Waals surface area contributed by atoms with Crippen molar-refractivity contribution in [3.05, 3.63) is 0 Å². The molecule has 4 nitrogen and oxygen atoms in total. The third-order valence-corrected chi connectivity index (χ3v) is 10.9. The second-order valence-corrected chi connectivity index (χ2v) is 13.0. The van der Waals surface area contributed by atoms with Crippen molar-refractivity contribution in [2.24, 2.45) is 0 Å². The van der Waals surface area contributed by atoms with Gasteiger partial charge in [-0.25, -0.2) is 0 Å². The highest BCUT2D eigenvalue weighted by atomic mass is 33.1. The zero-order valence-corrected chi connectivity index (χ0v) is 20.2. The summed E-state index contributed by atoms with van der Waals surface area (Å²) in [7, 11) is 7.91. The molecule has 0 aromatic heterocycles. The molecule has 0 bridgehead atoms. The Bertz CT molecular complexity index is 451. The van der Waals surface area contributed by atoms with Crippen LogP contribution in [-0.2, 0) is 19.1 Å². The summed E-state index contributed by atoms with van der Waals surface area (Å²) < 4.78 is 10.7. The molecule has 2 aliphatic rings. The Labute approximate surface area is 186 Å². The predicted octanol–water partition coefficient (Wildman–Crippen LogP) is 6.28. The summed E-state index contributed by atoms with van der Waals surface area (Å²) in [5, 5.41) is 1.55. The Hall–Kier alpha value is 0.340. The molecule has 0 aromatic carbocycles. The summed E-state index contributed by atoms with van der Waals surface area (Å²) in [4.78, 5) is 23.7. The van der Waals surface area contributed by atoms with Crippen molar-refractivity contribution >= 4 is 55.1 Å². The summed E-state index contributed by atoms with van der Waals surface area (Å²) in [5.41, 5.74) is 0. The highest BCUT2D eigenvalue weighted by molar-refractivity contribution is 8.77. The van der Waals surface area contributed by atoms with Crippen LogP contribution in [0.1, 0.15) is 77.6 Å². The standard InChI is InChI=1S/C20H34O4S4/c1-16(24-20(22)9-5-3-7-18-12-15-26-28-18)10-13-23-19(21)8-4-2-6-17-11-14-25-27-17/h16-18H,2-15H2,1H3. The van der Waals surface area contributed by atoms with Crippen molar-refractivity contribution in [1.29, 1.82) is 0 Å². The van der Waals surface area contributed by atoms with Crippen LogP contribution in [0, 0.1) is 0 Å². The molecule has 0 radical (unpaired) electrons. The molecule has 2 heterocycles. The fourth-order valence-corrected chi connectivity index (χ4v) is 9.22. The highest BCUT2D eigenvalue weighted by Gasteiger charge is 2.17. The molecular formula is C20H34O4S4. The smallest absolute Gasteiger partial charge is 0.306 e. The Balaban J connectivity index is 1.38. The van der Waals surface area contributed by atoms with Gasteiger partial charge >= 0.3 is 11.9 Å². The van der Waals surface area contributed by atoms with Gasteiger partial charge in [0.15, 0.2) is 0 Å². The first-order chi connectivity index (χ1) is 13.6. The summed E-state index contributed by atoms with van der Waals surface area (Å²) in [5.74, 6) is 2.27. The molecule has 162 valence electrons. The van der Waals surface area contributed by atoms with Gasteiger partial charge < -0.3 is 9.47 Å². The van der Waals surface area contributed by atoms with Gasteiger partial charge in [-0.3, -0.25) is 9.59 Å². The first kappa shape index (κ1) is 24.6. The van der Waals surface area contributed by atoms with Crippen LogP contribution in [0.15, 0.2) is 0 Å². The maximum absolute atomic E-state index is 11.9. The average Bonchev–Trinajstić information content (AvgIpc) is 3.36. The largest absolute Gasteiger partial charge is 0.466 e. The SMILES string of the molecule is CC(CCOC(=O)CCCCC1CCSS1)OC(=O)CCCCC1CCSS1. The van der Waals surface area contributed by atoms with Gasteiger partial charge in [0.1, 0.15) is 6.10 Å². The van der Waals surface area contributed by atoms with E-state index in [0.29, 0.717) is 25.9 Å². The van der Waals surface area contributed by atoms with Gasteiger partial charge in [-0.2, -0.15) is 0 Å². The minimum absolute atomic E-state index is 0.129. The van der Waals surface area contributed by atoms with Crippen molar-refractivity contribution in [3.8, 4) is 0 Å². The number of esters is 2. The van der Waals surface area contributed by atoms with Crippen LogP contribution in [0.25, 0.3) is 0 Å². The van der Waals surface area contributed by atoms with Gasteiger partial charge in [0.25, 0.3) is 0 Å². The maximum Gasteiger partial charge on any atom is 0.306 e. The van der Waals surface area contributed by atoms with Gasteiger partial charge in [0, 0.05) is 41.3 Å². The van der Waals surface area contributed by atoms with Crippen molar-refractivity contribution in [3.63, 3.8) is 0 Å². The fraction of sp³-hybridized carbons (Fsp3) is 0.900. The van der Waals surface area contributed by atoms with E-state index in [-0.39, 0.29) is 18.0 Å². The van der Waals surface area contributed by atoms with E-state index >= 15 is 0 Å². The molecule has 3 unspecified atom stereocenters. The Morgan fingerprint density at radius 3 is 2.00 bits per heavy atom. The number of hydrogen-bond donors (Lipinski definition) is 0. The molecule has 2 aliphatic heterocycles. The van der Waals surface area contributed by atoms with E-state index in [1.165, 1.54) is 37.2 Å². The second kappa shape index (κ2) is 15.2. The first-order valence-electron chi connectivity index (χ1n) is 10.5. The van der Waals surface area contributed by atoms with Gasteiger partial charge in [-0.05, 0) is 45.4 Å². The molecule has 0 saturated carbocycles. The van der Waals surface area contributed by atoms with E-state index in [0.717, 1.165) is 36.2 Å². The number of carbonyl (C=O) groups is 2. The quantitative estimate of drug-likeness (QED) is 0.168. The third-order valence-electron chi connectivity index (χ3n) is 4.89. The minimum atomic E-state index is -0.195. The molecule has 0 amide bonds.